The van der Waals surface area contributed by atoms with Gasteiger partial charge in [-0.2, -0.15) is 0 Å². The summed E-state index contributed by atoms with van der Waals surface area (Å²) in [4.78, 5) is 12.8. The molecule has 0 aliphatic carbocycles. The SMILES string of the molecule is COc1ccccc1OCC(O)CNc1ccc(Cl)cc1C(=O)c1ccccc1. The smallest absolute Gasteiger partial charge is 0.195 e. The number of para-hydroxylation sites is 2. The Kier molecular flexibility index (Phi) is 7.11. The Labute approximate surface area is 174 Å². The molecule has 3 rings (SSSR count). The van der Waals surface area contributed by atoms with Crippen LogP contribution in [0.4, 0.5) is 5.69 Å². The third kappa shape index (κ3) is 5.50. The number of benzene rings is 3. The molecule has 29 heavy (non-hydrogen) atoms. The van der Waals surface area contributed by atoms with Crippen molar-refractivity contribution in [2.45, 2.75) is 6.10 Å². The van der Waals surface area contributed by atoms with Crippen LogP contribution in [0.1, 0.15) is 15.9 Å². The molecule has 0 fully saturated rings. The van der Waals surface area contributed by atoms with Crippen molar-refractivity contribution < 1.29 is 19.4 Å². The lowest BCUT2D eigenvalue weighted by molar-refractivity contribution is 0.103. The fourth-order valence-electron chi connectivity index (χ4n) is 2.81. The zero-order valence-corrected chi connectivity index (χ0v) is 16.7. The van der Waals surface area contributed by atoms with E-state index in [1.165, 1.54) is 0 Å². The standard InChI is InChI=1S/C23H22ClNO4/c1-28-21-9-5-6-10-22(21)29-15-18(26)14-25-20-12-11-17(24)13-19(20)23(27)16-7-3-2-4-8-16/h2-13,18,25-26H,14-15H2,1H3. The molecule has 1 atom stereocenters. The number of halogens is 1. The molecule has 0 saturated heterocycles. The van der Waals surface area contributed by atoms with Crippen molar-refractivity contribution in [3.05, 3.63) is 88.9 Å². The van der Waals surface area contributed by atoms with E-state index in [4.69, 9.17) is 21.1 Å². The Morgan fingerprint density at radius 3 is 2.45 bits per heavy atom. The predicted molar refractivity (Wildman–Crippen MR) is 114 cm³/mol. The molecule has 0 saturated carbocycles. The molecule has 0 radical (unpaired) electrons. The normalized spacial score (nSPS) is 11.6. The quantitative estimate of drug-likeness (QED) is 0.510. The van der Waals surface area contributed by atoms with Gasteiger partial charge in [0.2, 0.25) is 0 Å². The van der Waals surface area contributed by atoms with Crippen LogP contribution in [0.2, 0.25) is 5.02 Å². The van der Waals surface area contributed by atoms with Gasteiger partial charge in [0.25, 0.3) is 0 Å². The number of ether oxygens (including phenoxy) is 2. The van der Waals surface area contributed by atoms with Gasteiger partial charge < -0.3 is 19.9 Å². The first kappa shape index (κ1) is 20.7. The summed E-state index contributed by atoms with van der Waals surface area (Å²) in [5.41, 5.74) is 1.61. The van der Waals surface area contributed by atoms with Gasteiger partial charge in [0.15, 0.2) is 17.3 Å². The number of methoxy groups -OCH3 is 1. The number of hydrogen-bond donors (Lipinski definition) is 2. The summed E-state index contributed by atoms with van der Waals surface area (Å²) in [6, 6.07) is 21.3. The van der Waals surface area contributed by atoms with Gasteiger partial charge in [-0.05, 0) is 30.3 Å². The maximum absolute atomic E-state index is 12.8. The lowest BCUT2D eigenvalue weighted by Crippen LogP contribution is -2.27. The molecular weight excluding hydrogens is 390 g/mol. The molecule has 1 unspecified atom stereocenters. The lowest BCUT2D eigenvalue weighted by Gasteiger charge is -2.17. The van der Waals surface area contributed by atoms with Crippen LogP contribution < -0.4 is 14.8 Å². The first-order valence-corrected chi connectivity index (χ1v) is 9.53. The fourth-order valence-corrected chi connectivity index (χ4v) is 2.99. The van der Waals surface area contributed by atoms with Crippen LogP contribution >= 0.6 is 11.6 Å². The number of carbonyl (C=O) groups is 1. The summed E-state index contributed by atoms with van der Waals surface area (Å²) in [5.74, 6) is 1.01. The van der Waals surface area contributed by atoms with Crippen molar-refractivity contribution >= 4 is 23.1 Å². The largest absolute Gasteiger partial charge is 0.493 e. The number of aliphatic hydroxyl groups excluding tert-OH is 1. The Hall–Kier alpha value is -3.02. The van der Waals surface area contributed by atoms with Crippen LogP contribution in [0.25, 0.3) is 0 Å². The second-order valence-electron chi connectivity index (χ2n) is 6.38. The number of hydrogen-bond acceptors (Lipinski definition) is 5. The molecule has 0 amide bonds. The van der Waals surface area contributed by atoms with Gasteiger partial charge in [-0.25, -0.2) is 0 Å². The highest BCUT2D eigenvalue weighted by Crippen LogP contribution is 2.26. The second-order valence-corrected chi connectivity index (χ2v) is 6.82. The molecule has 6 heteroatoms. The van der Waals surface area contributed by atoms with E-state index in [1.807, 2.05) is 30.3 Å². The van der Waals surface area contributed by atoms with Crippen LogP contribution in [-0.2, 0) is 0 Å². The molecular formula is C23H22ClNO4. The van der Waals surface area contributed by atoms with Gasteiger partial charge >= 0.3 is 0 Å². The number of rotatable bonds is 9. The molecule has 0 heterocycles. The van der Waals surface area contributed by atoms with E-state index in [0.29, 0.717) is 33.3 Å². The van der Waals surface area contributed by atoms with Crippen molar-refractivity contribution in [1.82, 2.24) is 0 Å². The molecule has 0 aromatic heterocycles. The van der Waals surface area contributed by atoms with E-state index < -0.39 is 6.10 Å². The zero-order chi connectivity index (χ0) is 20.6. The summed E-state index contributed by atoms with van der Waals surface area (Å²) in [7, 11) is 1.56. The fraction of sp³-hybridized carbons (Fsp3) is 0.174. The molecule has 0 aliphatic heterocycles. The summed E-state index contributed by atoms with van der Waals surface area (Å²) in [6.45, 7) is 0.273. The number of nitrogens with one attached hydrogen (secondary N) is 1. The summed E-state index contributed by atoms with van der Waals surface area (Å²) < 4.78 is 10.9. The molecule has 3 aromatic carbocycles. The maximum Gasteiger partial charge on any atom is 0.195 e. The number of ketones is 1. The summed E-state index contributed by atoms with van der Waals surface area (Å²) >= 11 is 6.10. The van der Waals surface area contributed by atoms with Gasteiger partial charge in [0.1, 0.15) is 12.7 Å². The topological polar surface area (TPSA) is 67.8 Å². The molecule has 5 nitrogen and oxygen atoms in total. The first-order valence-electron chi connectivity index (χ1n) is 9.15. The number of aliphatic hydroxyl groups is 1. The van der Waals surface area contributed by atoms with Crippen LogP contribution in [0, 0.1) is 0 Å². The Morgan fingerprint density at radius 1 is 1.03 bits per heavy atom. The molecule has 3 aromatic rings. The van der Waals surface area contributed by atoms with Crippen molar-refractivity contribution in [3.63, 3.8) is 0 Å². The summed E-state index contributed by atoms with van der Waals surface area (Å²) in [5, 5.41) is 13.9. The summed E-state index contributed by atoms with van der Waals surface area (Å²) in [6.07, 6.45) is -0.796. The zero-order valence-electron chi connectivity index (χ0n) is 16.0. The Morgan fingerprint density at radius 2 is 1.72 bits per heavy atom. The Bertz CT molecular complexity index is 962. The van der Waals surface area contributed by atoms with E-state index in [1.54, 1.807) is 49.6 Å². The first-order chi connectivity index (χ1) is 14.1. The average molecular weight is 412 g/mol. The minimum absolute atomic E-state index is 0.0723. The Balaban J connectivity index is 1.65. The van der Waals surface area contributed by atoms with Crippen LogP contribution in [0.5, 0.6) is 11.5 Å². The van der Waals surface area contributed by atoms with Crippen molar-refractivity contribution in [2.24, 2.45) is 0 Å². The van der Waals surface area contributed by atoms with Crippen molar-refractivity contribution in [2.75, 3.05) is 25.6 Å². The van der Waals surface area contributed by atoms with E-state index in [0.717, 1.165) is 0 Å². The molecule has 0 spiro atoms. The monoisotopic (exact) mass is 411 g/mol. The molecule has 2 N–H and O–H groups in total. The third-order valence-corrected chi connectivity index (χ3v) is 4.53. The van der Waals surface area contributed by atoms with Gasteiger partial charge in [0, 0.05) is 28.4 Å². The highest BCUT2D eigenvalue weighted by Gasteiger charge is 2.15. The van der Waals surface area contributed by atoms with Crippen molar-refractivity contribution in [3.8, 4) is 11.5 Å². The highest BCUT2D eigenvalue weighted by atomic mass is 35.5. The second kappa shape index (κ2) is 9.96. The molecule has 150 valence electrons. The van der Waals surface area contributed by atoms with E-state index in [9.17, 15) is 9.90 Å². The predicted octanol–water partition coefficient (Wildman–Crippen LogP) is 4.43. The molecule has 0 aliphatic rings. The van der Waals surface area contributed by atoms with Gasteiger partial charge in [0.05, 0.1) is 7.11 Å². The average Bonchev–Trinajstić information content (AvgIpc) is 2.77. The number of carbonyl (C=O) groups excluding carboxylic acids is 1. The minimum Gasteiger partial charge on any atom is -0.493 e. The van der Waals surface area contributed by atoms with E-state index in [-0.39, 0.29) is 18.9 Å². The minimum atomic E-state index is -0.796. The van der Waals surface area contributed by atoms with Crippen LogP contribution in [0.15, 0.2) is 72.8 Å². The number of anilines is 1. The molecule has 0 bridgehead atoms. The van der Waals surface area contributed by atoms with E-state index in [2.05, 4.69) is 5.32 Å². The third-order valence-electron chi connectivity index (χ3n) is 4.29. The lowest BCUT2D eigenvalue weighted by atomic mass is 10.0. The van der Waals surface area contributed by atoms with Crippen molar-refractivity contribution in [1.29, 1.82) is 0 Å². The van der Waals surface area contributed by atoms with Gasteiger partial charge in [-0.3, -0.25) is 4.79 Å². The van der Waals surface area contributed by atoms with Crippen LogP contribution in [0.3, 0.4) is 0 Å². The van der Waals surface area contributed by atoms with Gasteiger partial charge in [-0.1, -0.05) is 54.1 Å². The highest BCUT2D eigenvalue weighted by molar-refractivity contribution is 6.31. The van der Waals surface area contributed by atoms with Crippen LogP contribution in [-0.4, -0.2) is 37.3 Å². The van der Waals surface area contributed by atoms with E-state index >= 15 is 0 Å². The van der Waals surface area contributed by atoms with Gasteiger partial charge in [-0.15, -0.1) is 0 Å². The maximum atomic E-state index is 12.8.